The standard InChI is InChI=1S/C12H12N4O3/c17-11(14-4-6-16-5-3-13-8-16)9-1-2-10(12(18)19)15-7-9/h1-3,5,7-8H,4,6H2,(H,14,17)(H,18,19). The highest BCUT2D eigenvalue weighted by Gasteiger charge is 2.08. The van der Waals surface area contributed by atoms with E-state index >= 15 is 0 Å². The van der Waals surface area contributed by atoms with E-state index in [2.05, 4.69) is 15.3 Å². The van der Waals surface area contributed by atoms with Gasteiger partial charge in [0.1, 0.15) is 5.69 Å². The van der Waals surface area contributed by atoms with Gasteiger partial charge < -0.3 is 15.0 Å². The number of aromatic carboxylic acids is 1. The minimum atomic E-state index is -1.12. The average Bonchev–Trinajstić information content (AvgIpc) is 2.92. The summed E-state index contributed by atoms with van der Waals surface area (Å²) in [5, 5.41) is 11.4. The number of pyridine rings is 1. The molecular weight excluding hydrogens is 248 g/mol. The number of hydrogen-bond donors (Lipinski definition) is 2. The Labute approximate surface area is 108 Å². The van der Waals surface area contributed by atoms with Crippen molar-refractivity contribution >= 4 is 11.9 Å². The van der Waals surface area contributed by atoms with Crippen LogP contribution < -0.4 is 5.32 Å². The van der Waals surface area contributed by atoms with Crippen molar-refractivity contribution in [2.45, 2.75) is 6.54 Å². The summed E-state index contributed by atoms with van der Waals surface area (Å²) in [5.41, 5.74) is 0.241. The second kappa shape index (κ2) is 5.76. The van der Waals surface area contributed by atoms with Crippen molar-refractivity contribution in [3.8, 4) is 0 Å². The van der Waals surface area contributed by atoms with E-state index < -0.39 is 5.97 Å². The number of nitrogens with zero attached hydrogens (tertiary/aromatic N) is 3. The molecule has 0 saturated heterocycles. The highest BCUT2D eigenvalue weighted by Crippen LogP contribution is 2.00. The Morgan fingerprint density at radius 2 is 2.21 bits per heavy atom. The Kier molecular flexibility index (Phi) is 3.87. The summed E-state index contributed by atoms with van der Waals surface area (Å²) in [6.07, 6.45) is 6.37. The highest BCUT2D eigenvalue weighted by molar-refractivity contribution is 5.94. The first-order chi connectivity index (χ1) is 9.16. The second-order valence-electron chi connectivity index (χ2n) is 3.79. The van der Waals surface area contributed by atoms with Crippen LogP contribution in [0, 0.1) is 0 Å². The molecule has 0 aliphatic rings. The lowest BCUT2D eigenvalue weighted by atomic mass is 10.2. The van der Waals surface area contributed by atoms with Crippen LogP contribution in [0.3, 0.4) is 0 Å². The molecule has 19 heavy (non-hydrogen) atoms. The topological polar surface area (TPSA) is 97.1 Å². The van der Waals surface area contributed by atoms with Gasteiger partial charge in [0.2, 0.25) is 0 Å². The van der Waals surface area contributed by atoms with Crippen molar-refractivity contribution in [1.82, 2.24) is 19.9 Å². The number of hydrogen-bond acceptors (Lipinski definition) is 4. The fourth-order valence-electron chi connectivity index (χ4n) is 1.47. The van der Waals surface area contributed by atoms with Crippen LogP contribution in [0.15, 0.2) is 37.1 Å². The summed E-state index contributed by atoms with van der Waals surface area (Å²) in [6.45, 7) is 1.07. The largest absolute Gasteiger partial charge is 0.477 e. The van der Waals surface area contributed by atoms with Gasteiger partial charge in [-0.25, -0.2) is 14.8 Å². The van der Waals surface area contributed by atoms with Crippen molar-refractivity contribution in [1.29, 1.82) is 0 Å². The lowest BCUT2D eigenvalue weighted by Gasteiger charge is -2.05. The zero-order chi connectivity index (χ0) is 13.7. The molecule has 0 saturated carbocycles. The fourth-order valence-corrected chi connectivity index (χ4v) is 1.47. The predicted molar refractivity (Wildman–Crippen MR) is 65.8 cm³/mol. The maximum Gasteiger partial charge on any atom is 0.354 e. The van der Waals surface area contributed by atoms with E-state index in [1.54, 1.807) is 18.7 Å². The van der Waals surface area contributed by atoms with Gasteiger partial charge in [-0.2, -0.15) is 0 Å². The number of nitrogens with one attached hydrogen (secondary N) is 1. The molecule has 0 unspecified atom stereocenters. The molecule has 0 bridgehead atoms. The van der Waals surface area contributed by atoms with E-state index in [4.69, 9.17) is 5.11 Å². The number of carboxylic acids is 1. The van der Waals surface area contributed by atoms with Crippen LogP contribution in [-0.4, -0.2) is 38.1 Å². The third kappa shape index (κ3) is 3.38. The van der Waals surface area contributed by atoms with Gasteiger partial charge in [0, 0.05) is 31.7 Å². The zero-order valence-electron chi connectivity index (χ0n) is 9.98. The van der Waals surface area contributed by atoms with Crippen molar-refractivity contribution < 1.29 is 14.7 Å². The first-order valence-electron chi connectivity index (χ1n) is 5.60. The molecule has 1 amide bonds. The van der Waals surface area contributed by atoms with Gasteiger partial charge in [-0.3, -0.25) is 4.79 Å². The Morgan fingerprint density at radius 1 is 1.37 bits per heavy atom. The Hall–Kier alpha value is -2.70. The lowest BCUT2D eigenvalue weighted by molar-refractivity contribution is 0.0689. The van der Waals surface area contributed by atoms with Crippen LogP contribution in [0.25, 0.3) is 0 Å². The quantitative estimate of drug-likeness (QED) is 0.811. The van der Waals surface area contributed by atoms with E-state index in [-0.39, 0.29) is 11.6 Å². The molecule has 7 nitrogen and oxygen atoms in total. The first-order valence-corrected chi connectivity index (χ1v) is 5.60. The monoisotopic (exact) mass is 260 g/mol. The Morgan fingerprint density at radius 3 is 2.79 bits per heavy atom. The van der Waals surface area contributed by atoms with E-state index in [0.29, 0.717) is 18.7 Å². The number of carbonyl (C=O) groups is 2. The zero-order valence-corrected chi connectivity index (χ0v) is 9.98. The normalized spacial score (nSPS) is 10.1. The molecule has 2 aromatic rings. The maximum absolute atomic E-state index is 11.7. The minimum Gasteiger partial charge on any atom is -0.477 e. The number of amides is 1. The van der Waals surface area contributed by atoms with Crippen LogP contribution in [0.5, 0.6) is 0 Å². The molecule has 2 heterocycles. The molecule has 2 rings (SSSR count). The van der Waals surface area contributed by atoms with E-state index in [1.807, 2.05) is 4.57 Å². The van der Waals surface area contributed by atoms with Crippen molar-refractivity contribution in [3.05, 3.63) is 48.3 Å². The third-order valence-corrected chi connectivity index (χ3v) is 2.46. The average molecular weight is 260 g/mol. The van der Waals surface area contributed by atoms with Crippen LogP contribution in [0.1, 0.15) is 20.8 Å². The third-order valence-electron chi connectivity index (χ3n) is 2.46. The molecule has 0 aromatic carbocycles. The van der Waals surface area contributed by atoms with Gasteiger partial charge in [0.15, 0.2) is 0 Å². The van der Waals surface area contributed by atoms with Gasteiger partial charge in [0.05, 0.1) is 11.9 Å². The lowest BCUT2D eigenvalue weighted by Crippen LogP contribution is -2.27. The molecule has 0 aliphatic carbocycles. The molecular formula is C12H12N4O3. The van der Waals surface area contributed by atoms with E-state index in [1.165, 1.54) is 18.3 Å². The summed E-state index contributed by atoms with van der Waals surface area (Å²) in [5.74, 6) is -1.41. The molecule has 2 aromatic heterocycles. The molecule has 0 atom stereocenters. The van der Waals surface area contributed by atoms with Gasteiger partial charge in [0.25, 0.3) is 5.91 Å². The molecule has 0 fully saturated rings. The number of imidazole rings is 1. The molecule has 0 aliphatic heterocycles. The van der Waals surface area contributed by atoms with Crippen molar-refractivity contribution in [3.63, 3.8) is 0 Å². The highest BCUT2D eigenvalue weighted by atomic mass is 16.4. The fraction of sp³-hybridized carbons (Fsp3) is 0.167. The van der Waals surface area contributed by atoms with Crippen LogP contribution >= 0.6 is 0 Å². The van der Waals surface area contributed by atoms with Gasteiger partial charge >= 0.3 is 5.97 Å². The summed E-state index contributed by atoms with van der Waals surface area (Å²) in [7, 11) is 0. The van der Waals surface area contributed by atoms with Crippen LogP contribution in [-0.2, 0) is 6.54 Å². The number of rotatable bonds is 5. The second-order valence-corrected chi connectivity index (χ2v) is 3.79. The predicted octanol–water partition coefficient (Wildman–Crippen LogP) is 0.406. The first kappa shape index (κ1) is 12.7. The van der Waals surface area contributed by atoms with Crippen LogP contribution in [0.4, 0.5) is 0 Å². The molecule has 98 valence electrons. The van der Waals surface area contributed by atoms with Crippen molar-refractivity contribution in [2.24, 2.45) is 0 Å². The minimum absolute atomic E-state index is 0.0880. The molecule has 7 heteroatoms. The summed E-state index contributed by atoms with van der Waals surface area (Å²) in [4.78, 5) is 29.9. The summed E-state index contributed by atoms with van der Waals surface area (Å²) < 4.78 is 1.84. The number of aromatic nitrogens is 3. The Bertz CT molecular complexity index is 563. The van der Waals surface area contributed by atoms with Gasteiger partial charge in [-0.05, 0) is 12.1 Å². The summed E-state index contributed by atoms with van der Waals surface area (Å²) in [6, 6.07) is 2.73. The van der Waals surface area contributed by atoms with Crippen molar-refractivity contribution in [2.75, 3.05) is 6.54 Å². The van der Waals surface area contributed by atoms with E-state index in [0.717, 1.165) is 0 Å². The molecule has 0 spiro atoms. The Balaban J connectivity index is 1.87. The van der Waals surface area contributed by atoms with Crippen LogP contribution in [0.2, 0.25) is 0 Å². The maximum atomic E-state index is 11.7. The number of carbonyl (C=O) groups excluding carboxylic acids is 1. The van der Waals surface area contributed by atoms with Gasteiger partial charge in [-0.15, -0.1) is 0 Å². The summed E-state index contributed by atoms with van der Waals surface area (Å²) >= 11 is 0. The van der Waals surface area contributed by atoms with Gasteiger partial charge in [-0.1, -0.05) is 0 Å². The molecule has 2 N–H and O–H groups in total. The SMILES string of the molecule is O=C(NCCn1ccnc1)c1ccc(C(=O)O)nc1. The molecule has 0 radical (unpaired) electrons. The van der Waals surface area contributed by atoms with E-state index in [9.17, 15) is 9.59 Å². The smallest absolute Gasteiger partial charge is 0.354 e. The number of carboxylic acid groups (broad SMARTS) is 1.